The van der Waals surface area contributed by atoms with Crippen molar-refractivity contribution in [2.45, 2.75) is 39.0 Å². The fourth-order valence-corrected chi connectivity index (χ4v) is 3.61. The maximum absolute atomic E-state index is 5.71. The molecule has 0 amide bonds. The van der Waals surface area contributed by atoms with Gasteiger partial charge in [-0.15, -0.1) is 0 Å². The molecule has 2 aliphatic rings. The first-order chi connectivity index (χ1) is 14.3. The minimum atomic E-state index is 0.600. The molecule has 2 saturated heterocycles. The van der Waals surface area contributed by atoms with Gasteiger partial charge >= 0.3 is 0 Å². The van der Waals surface area contributed by atoms with Crippen LogP contribution in [0.1, 0.15) is 39.0 Å². The highest BCUT2D eigenvalue weighted by Gasteiger charge is 2.21. The van der Waals surface area contributed by atoms with E-state index in [1.165, 1.54) is 25.7 Å². The lowest BCUT2D eigenvalue weighted by Gasteiger charge is -2.28. The predicted molar refractivity (Wildman–Crippen MR) is 113 cm³/mol. The number of aromatic nitrogens is 4. The third-order valence-electron chi connectivity index (χ3n) is 5.20. The van der Waals surface area contributed by atoms with Crippen molar-refractivity contribution in [3.8, 4) is 17.4 Å². The Morgan fingerprint density at radius 1 is 0.862 bits per heavy atom. The topological polar surface area (TPSA) is 76.5 Å². The highest BCUT2D eigenvalue weighted by atomic mass is 16.5. The van der Waals surface area contributed by atoms with Crippen molar-refractivity contribution in [2.24, 2.45) is 0 Å². The van der Waals surface area contributed by atoms with Crippen molar-refractivity contribution in [1.82, 2.24) is 19.9 Å². The van der Waals surface area contributed by atoms with E-state index in [-0.39, 0.29) is 0 Å². The summed E-state index contributed by atoms with van der Waals surface area (Å²) in [6, 6.07) is 5.75. The molecule has 29 heavy (non-hydrogen) atoms. The molecule has 0 atom stereocenters. The molecule has 156 valence electrons. The summed E-state index contributed by atoms with van der Waals surface area (Å²) in [5.74, 6) is 2.66. The number of morpholine rings is 1. The van der Waals surface area contributed by atoms with E-state index < -0.39 is 0 Å². The van der Waals surface area contributed by atoms with Crippen molar-refractivity contribution in [3.63, 3.8) is 0 Å². The van der Waals surface area contributed by atoms with E-state index in [4.69, 9.17) is 24.4 Å². The van der Waals surface area contributed by atoms with Gasteiger partial charge in [0.1, 0.15) is 5.69 Å². The van der Waals surface area contributed by atoms with Crippen LogP contribution in [0.15, 0.2) is 18.2 Å². The Bertz CT molecular complexity index is 788. The Hall–Kier alpha value is -2.48. The van der Waals surface area contributed by atoms with E-state index in [2.05, 4.69) is 21.7 Å². The second-order valence-electron chi connectivity index (χ2n) is 7.47. The van der Waals surface area contributed by atoms with E-state index in [9.17, 15) is 0 Å². The van der Waals surface area contributed by atoms with Gasteiger partial charge in [0, 0.05) is 32.2 Å². The Morgan fingerprint density at radius 3 is 2.24 bits per heavy atom. The van der Waals surface area contributed by atoms with E-state index in [1.54, 1.807) is 0 Å². The fourth-order valence-electron chi connectivity index (χ4n) is 3.61. The van der Waals surface area contributed by atoms with Crippen LogP contribution >= 0.6 is 0 Å². The van der Waals surface area contributed by atoms with E-state index in [0.29, 0.717) is 43.2 Å². The summed E-state index contributed by atoms with van der Waals surface area (Å²) in [7, 11) is 0. The molecule has 0 aliphatic carbocycles. The summed E-state index contributed by atoms with van der Waals surface area (Å²) in [6.07, 6.45) is 5.82. The largest absolute Gasteiger partial charge is 0.478 e. The smallest absolute Gasteiger partial charge is 0.230 e. The quantitative estimate of drug-likeness (QED) is 0.735. The first-order valence-electron chi connectivity index (χ1n) is 10.8. The molecular formula is C21H30N6O2. The van der Waals surface area contributed by atoms with Crippen LogP contribution in [-0.4, -0.2) is 65.9 Å². The molecule has 0 radical (unpaired) electrons. The molecule has 2 aromatic rings. The zero-order valence-corrected chi connectivity index (χ0v) is 17.2. The molecule has 8 heteroatoms. The van der Waals surface area contributed by atoms with Crippen molar-refractivity contribution < 1.29 is 9.47 Å². The molecular weight excluding hydrogens is 368 g/mol. The second-order valence-corrected chi connectivity index (χ2v) is 7.47. The van der Waals surface area contributed by atoms with Gasteiger partial charge in [-0.25, -0.2) is 4.98 Å². The fraction of sp³-hybridized carbons (Fsp3) is 0.619. The number of pyridine rings is 1. The molecule has 0 saturated carbocycles. The minimum Gasteiger partial charge on any atom is -0.478 e. The van der Waals surface area contributed by atoms with Gasteiger partial charge in [-0.3, -0.25) is 0 Å². The lowest BCUT2D eigenvalue weighted by Crippen LogP contribution is -2.38. The van der Waals surface area contributed by atoms with Crippen LogP contribution in [0.3, 0.4) is 0 Å². The van der Waals surface area contributed by atoms with Gasteiger partial charge in [0.05, 0.1) is 19.8 Å². The summed E-state index contributed by atoms with van der Waals surface area (Å²) >= 11 is 0. The second kappa shape index (κ2) is 9.82. The maximum Gasteiger partial charge on any atom is 0.230 e. The molecule has 0 aromatic carbocycles. The molecule has 8 nitrogen and oxygen atoms in total. The lowest BCUT2D eigenvalue weighted by molar-refractivity contribution is 0.122. The molecule has 4 rings (SSSR count). The van der Waals surface area contributed by atoms with Crippen LogP contribution in [0.2, 0.25) is 0 Å². The third-order valence-corrected chi connectivity index (χ3v) is 5.20. The normalized spacial score (nSPS) is 17.8. The molecule has 0 unspecified atom stereocenters. The van der Waals surface area contributed by atoms with Gasteiger partial charge in [0.25, 0.3) is 0 Å². The molecule has 0 bridgehead atoms. The van der Waals surface area contributed by atoms with Gasteiger partial charge in [-0.2, -0.15) is 15.0 Å². The van der Waals surface area contributed by atoms with Gasteiger partial charge in [0.2, 0.25) is 17.8 Å². The van der Waals surface area contributed by atoms with Crippen LogP contribution in [0.5, 0.6) is 5.88 Å². The average molecular weight is 399 g/mol. The lowest BCUT2D eigenvalue weighted by atomic mass is 10.2. The summed E-state index contributed by atoms with van der Waals surface area (Å²) in [4.78, 5) is 23.5. The summed E-state index contributed by atoms with van der Waals surface area (Å²) in [6.45, 7) is 7.66. The third kappa shape index (κ3) is 5.12. The highest BCUT2D eigenvalue weighted by Crippen LogP contribution is 2.24. The van der Waals surface area contributed by atoms with Gasteiger partial charge in [0.15, 0.2) is 5.82 Å². The molecule has 2 fully saturated rings. The minimum absolute atomic E-state index is 0.600. The van der Waals surface area contributed by atoms with E-state index in [1.807, 2.05) is 18.2 Å². The zero-order valence-electron chi connectivity index (χ0n) is 17.2. The van der Waals surface area contributed by atoms with Crippen molar-refractivity contribution in [1.29, 1.82) is 0 Å². The van der Waals surface area contributed by atoms with Crippen LogP contribution in [-0.2, 0) is 4.74 Å². The number of nitrogens with zero attached hydrogens (tertiary/aromatic N) is 6. The average Bonchev–Trinajstić information content (AvgIpc) is 3.08. The van der Waals surface area contributed by atoms with Crippen molar-refractivity contribution in [2.75, 3.05) is 55.8 Å². The Morgan fingerprint density at radius 2 is 1.55 bits per heavy atom. The van der Waals surface area contributed by atoms with Crippen molar-refractivity contribution >= 4 is 11.9 Å². The molecule has 4 heterocycles. The molecule has 2 aliphatic heterocycles. The number of hydrogen-bond acceptors (Lipinski definition) is 8. The van der Waals surface area contributed by atoms with Crippen LogP contribution < -0.4 is 14.5 Å². The maximum atomic E-state index is 5.71. The number of ether oxygens (including phenoxy) is 2. The zero-order chi connectivity index (χ0) is 19.9. The summed E-state index contributed by atoms with van der Waals surface area (Å²) in [5, 5.41) is 0. The monoisotopic (exact) mass is 398 g/mol. The number of rotatable bonds is 6. The highest BCUT2D eigenvalue weighted by molar-refractivity contribution is 5.55. The van der Waals surface area contributed by atoms with Crippen LogP contribution in [0.25, 0.3) is 11.5 Å². The van der Waals surface area contributed by atoms with Gasteiger partial charge in [-0.05, 0) is 25.3 Å². The number of hydrogen-bond donors (Lipinski definition) is 0. The van der Waals surface area contributed by atoms with E-state index >= 15 is 0 Å². The Labute approximate surface area is 172 Å². The molecule has 0 N–H and O–H groups in total. The first-order valence-corrected chi connectivity index (χ1v) is 10.8. The van der Waals surface area contributed by atoms with Crippen molar-refractivity contribution in [3.05, 3.63) is 18.2 Å². The predicted octanol–water partition coefficient (Wildman–Crippen LogP) is 2.94. The standard InChI is InChI=1S/C21H30N6O2/c1-2-14-29-18-9-7-8-17(22-18)19-23-20(26-10-5-3-4-6-11-26)25-21(24-19)27-12-15-28-16-13-27/h7-9H,2-6,10-16H2,1H3. The SMILES string of the molecule is CCCOc1cccc(-c2nc(N3CCCCCC3)nc(N3CCOCC3)n2)n1. The van der Waals surface area contributed by atoms with Crippen LogP contribution in [0.4, 0.5) is 11.9 Å². The first kappa shape index (κ1) is 19.8. The number of anilines is 2. The molecule has 0 spiro atoms. The molecule has 2 aromatic heterocycles. The Kier molecular flexibility index (Phi) is 6.71. The Balaban J connectivity index is 1.69. The van der Waals surface area contributed by atoms with E-state index in [0.717, 1.165) is 38.5 Å². The van der Waals surface area contributed by atoms with Gasteiger partial charge < -0.3 is 19.3 Å². The van der Waals surface area contributed by atoms with Crippen LogP contribution in [0, 0.1) is 0 Å². The van der Waals surface area contributed by atoms with Gasteiger partial charge in [-0.1, -0.05) is 25.8 Å². The summed E-state index contributed by atoms with van der Waals surface area (Å²) in [5.41, 5.74) is 0.714. The summed E-state index contributed by atoms with van der Waals surface area (Å²) < 4.78 is 11.2.